The minimum absolute atomic E-state index is 0.00184. The molecule has 37 heavy (non-hydrogen) atoms. The fourth-order valence-corrected chi connectivity index (χ4v) is 5.54. The van der Waals surface area contributed by atoms with Crippen LogP contribution in [-0.2, 0) is 4.79 Å². The average molecular weight is 569 g/mol. The number of amides is 1. The molecule has 1 fully saturated rings. The molecular weight excluding hydrogens is 534 g/mol. The number of carboxylic acid groups (broad SMARTS) is 1. The lowest BCUT2D eigenvalue weighted by molar-refractivity contribution is -0.137. The maximum absolute atomic E-state index is 13.8. The van der Waals surface area contributed by atoms with Gasteiger partial charge in [-0.1, -0.05) is 47.0 Å². The number of pyridine rings is 1. The van der Waals surface area contributed by atoms with Crippen molar-refractivity contribution >= 4 is 44.5 Å². The zero-order chi connectivity index (χ0) is 26.4. The summed E-state index contributed by atoms with van der Waals surface area (Å²) in [5.41, 5.74) is 3.15. The van der Waals surface area contributed by atoms with Crippen LogP contribution in [0.1, 0.15) is 65.9 Å². The molecule has 1 aromatic heterocycles. The van der Waals surface area contributed by atoms with Crippen LogP contribution in [0, 0.1) is 6.92 Å². The van der Waals surface area contributed by atoms with Gasteiger partial charge in [-0.25, -0.2) is 4.98 Å². The summed E-state index contributed by atoms with van der Waals surface area (Å²) in [7, 11) is 1.60. The normalized spacial score (nSPS) is 14.7. The molecule has 1 atom stereocenters. The molecule has 0 spiro atoms. The number of ether oxygens (including phenoxy) is 1. The van der Waals surface area contributed by atoms with Crippen LogP contribution in [0.5, 0.6) is 5.75 Å². The van der Waals surface area contributed by atoms with Gasteiger partial charge in [0.2, 0.25) is 0 Å². The molecule has 3 aromatic rings. The average Bonchev–Trinajstić information content (AvgIpc) is 3.17. The van der Waals surface area contributed by atoms with Crippen LogP contribution in [0.15, 0.2) is 46.9 Å². The molecule has 2 heterocycles. The van der Waals surface area contributed by atoms with Gasteiger partial charge in [-0.15, -0.1) is 0 Å². The molecule has 1 saturated heterocycles. The first-order chi connectivity index (χ1) is 17.9. The molecule has 1 unspecified atom stereocenters. The van der Waals surface area contributed by atoms with Crippen LogP contribution in [-0.4, -0.2) is 48.7 Å². The van der Waals surface area contributed by atoms with Crippen LogP contribution in [0.25, 0.3) is 10.9 Å². The van der Waals surface area contributed by atoms with E-state index in [4.69, 9.17) is 9.72 Å². The second-order valence-corrected chi connectivity index (χ2v) is 10.5. The Morgan fingerprint density at radius 1 is 1.14 bits per heavy atom. The van der Waals surface area contributed by atoms with Crippen molar-refractivity contribution < 1.29 is 19.4 Å². The molecule has 2 N–H and O–H groups in total. The molecule has 1 aliphatic heterocycles. The van der Waals surface area contributed by atoms with Crippen molar-refractivity contribution in [3.63, 3.8) is 0 Å². The van der Waals surface area contributed by atoms with E-state index in [2.05, 4.69) is 26.1 Å². The number of aromatic nitrogens is 1. The number of para-hydroxylation sites is 1. The molecular formula is C29H34BrN3O4. The number of nitrogens with zero attached hydrogens (tertiary/aromatic N) is 2. The third-order valence-electron chi connectivity index (χ3n) is 7.09. The van der Waals surface area contributed by atoms with Crippen molar-refractivity contribution in [2.24, 2.45) is 0 Å². The van der Waals surface area contributed by atoms with E-state index in [9.17, 15) is 14.7 Å². The Labute approximate surface area is 226 Å². The van der Waals surface area contributed by atoms with Crippen molar-refractivity contribution in [1.82, 2.24) is 10.3 Å². The van der Waals surface area contributed by atoms with E-state index >= 15 is 0 Å². The Balaban J connectivity index is 1.68. The smallest absolute Gasteiger partial charge is 0.303 e. The molecule has 196 valence electrons. The minimum atomic E-state index is -0.867. The van der Waals surface area contributed by atoms with Gasteiger partial charge in [-0.3, -0.25) is 9.59 Å². The van der Waals surface area contributed by atoms with Crippen LogP contribution in [0.4, 0.5) is 5.82 Å². The first kappa shape index (κ1) is 26.9. The van der Waals surface area contributed by atoms with Gasteiger partial charge in [0, 0.05) is 47.4 Å². The van der Waals surface area contributed by atoms with E-state index < -0.39 is 5.97 Å². The summed E-state index contributed by atoms with van der Waals surface area (Å²) in [4.78, 5) is 32.4. The molecule has 2 aromatic carbocycles. The number of benzene rings is 2. The Morgan fingerprint density at radius 3 is 2.57 bits per heavy atom. The fraction of sp³-hybridized carbons (Fsp3) is 0.414. The van der Waals surface area contributed by atoms with Gasteiger partial charge in [0.15, 0.2) is 0 Å². The number of hydrogen-bond donors (Lipinski definition) is 2. The Bertz CT molecular complexity index is 1270. The number of halogens is 1. The molecule has 0 bridgehead atoms. The van der Waals surface area contributed by atoms with E-state index in [-0.39, 0.29) is 18.2 Å². The zero-order valence-corrected chi connectivity index (χ0v) is 23.0. The molecule has 8 heteroatoms. The second kappa shape index (κ2) is 12.4. The van der Waals surface area contributed by atoms with Crippen LogP contribution >= 0.6 is 15.9 Å². The SMILES string of the molecule is COc1ccccc1C(CCC(=O)O)CNC(=O)c1c(C)c(N2CCCCCC2)nc2ccc(Br)cc12. The molecule has 1 amide bonds. The predicted octanol–water partition coefficient (Wildman–Crippen LogP) is 6.07. The molecule has 0 radical (unpaired) electrons. The highest BCUT2D eigenvalue weighted by Gasteiger charge is 2.24. The third-order valence-corrected chi connectivity index (χ3v) is 7.59. The van der Waals surface area contributed by atoms with Crippen molar-refractivity contribution in [3.05, 3.63) is 63.6 Å². The third kappa shape index (κ3) is 6.42. The predicted molar refractivity (Wildman–Crippen MR) is 150 cm³/mol. The van der Waals surface area contributed by atoms with Crippen molar-refractivity contribution in [2.45, 2.75) is 51.4 Å². The quantitative estimate of drug-likeness (QED) is 0.326. The van der Waals surface area contributed by atoms with E-state index in [0.29, 0.717) is 24.3 Å². The number of nitrogens with one attached hydrogen (secondary N) is 1. The summed E-state index contributed by atoms with van der Waals surface area (Å²) in [5.74, 6) is 0.295. The van der Waals surface area contributed by atoms with Gasteiger partial charge in [-0.05, 0) is 56.0 Å². The summed E-state index contributed by atoms with van der Waals surface area (Å²) < 4.78 is 6.41. The maximum atomic E-state index is 13.8. The van der Waals surface area contributed by atoms with Crippen molar-refractivity contribution in [2.75, 3.05) is 31.6 Å². The highest BCUT2D eigenvalue weighted by atomic mass is 79.9. The van der Waals surface area contributed by atoms with Crippen LogP contribution < -0.4 is 15.0 Å². The summed E-state index contributed by atoms with van der Waals surface area (Å²) in [6.45, 7) is 4.14. The van der Waals surface area contributed by atoms with Crippen LogP contribution in [0.2, 0.25) is 0 Å². The van der Waals surface area contributed by atoms with Crippen molar-refractivity contribution in [3.8, 4) is 5.75 Å². The largest absolute Gasteiger partial charge is 0.496 e. The lowest BCUT2D eigenvalue weighted by Gasteiger charge is -2.26. The molecule has 0 aliphatic carbocycles. The monoisotopic (exact) mass is 567 g/mol. The molecule has 7 nitrogen and oxygen atoms in total. The minimum Gasteiger partial charge on any atom is -0.496 e. The van der Waals surface area contributed by atoms with Gasteiger partial charge in [0.25, 0.3) is 5.91 Å². The summed E-state index contributed by atoms with van der Waals surface area (Å²) in [6.07, 6.45) is 5.04. The Morgan fingerprint density at radius 2 is 1.86 bits per heavy atom. The highest BCUT2D eigenvalue weighted by molar-refractivity contribution is 9.10. The van der Waals surface area contributed by atoms with E-state index in [1.807, 2.05) is 49.4 Å². The first-order valence-corrected chi connectivity index (χ1v) is 13.7. The number of carbonyl (C=O) groups excluding carboxylic acids is 1. The molecule has 4 rings (SSSR count). The lowest BCUT2D eigenvalue weighted by Crippen LogP contribution is -2.31. The van der Waals surface area contributed by atoms with Crippen LogP contribution in [0.3, 0.4) is 0 Å². The van der Waals surface area contributed by atoms with Gasteiger partial charge in [0.05, 0.1) is 18.2 Å². The van der Waals surface area contributed by atoms with Gasteiger partial charge in [0.1, 0.15) is 11.6 Å². The second-order valence-electron chi connectivity index (χ2n) is 9.58. The first-order valence-electron chi connectivity index (χ1n) is 12.9. The number of fused-ring (bicyclic) bond motifs is 1. The standard InChI is InChI=1S/C29H34BrN3O4/c1-19-27(23-17-21(30)12-13-24(23)32-28(19)33-15-7-3-4-8-16-33)29(36)31-18-20(11-14-26(34)35)22-9-5-6-10-25(22)37-2/h5-6,9-10,12-13,17,20H,3-4,7-8,11,14-16,18H2,1-2H3,(H,31,36)(H,34,35). The lowest BCUT2D eigenvalue weighted by atomic mass is 9.93. The van der Waals surface area contributed by atoms with E-state index in [0.717, 1.165) is 58.3 Å². The fourth-order valence-electron chi connectivity index (χ4n) is 5.17. The van der Waals surface area contributed by atoms with Gasteiger partial charge < -0.3 is 20.1 Å². The Kier molecular flexibility index (Phi) is 9.03. The number of anilines is 1. The number of rotatable bonds is 9. The Hall–Kier alpha value is -3.13. The molecule has 1 aliphatic rings. The summed E-state index contributed by atoms with van der Waals surface area (Å²) >= 11 is 3.55. The zero-order valence-electron chi connectivity index (χ0n) is 21.4. The summed E-state index contributed by atoms with van der Waals surface area (Å²) in [6, 6.07) is 13.4. The number of hydrogen-bond acceptors (Lipinski definition) is 5. The number of aliphatic carboxylic acids is 1. The number of carboxylic acids is 1. The number of methoxy groups -OCH3 is 1. The van der Waals surface area contributed by atoms with E-state index in [1.54, 1.807) is 7.11 Å². The van der Waals surface area contributed by atoms with E-state index in [1.165, 1.54) is 12.8 Å². The van der Waals surface area contributed by atoms with Gasteiger partial charge >= 0.3 is 5.97 Å². The highest BCUT2D eigenvalue weighted by Crippen LogP contribution is 2.33. The van der Waals surface area contributed by atoms with Gasteiger partial charge in [-0.2, -0.15) is 0 Å². The summed E-state index contributed by atoms with van der Waals surface area (Å²) in [5, 5.41) is 13.2. The topological polar surface area (TPSA) is 91.8 Å². The molecule has 0 saturated carbocycles. The number of carbonyl (C=O) groups is 2. The van der Waals surface area contributed by atoms with Crippen molar-refractivity contribution in [1.29, 1.82) is 0 Å². The maximum Gasteiger partial charge on any atom is 0.303 e.